The maximum atomic E-state index is 5.47. The van der Waals surface area contributed by atoms with Crippen LogP contribution in [0, 0.1) is 5.92 Å². The van der Waals surface area contributed by atoms with Crippen LogP contribution in [0.3, 0.4) is 0 Å². The molecule has 0 spiro atoms. The van der Waals surface area contributed by atoms with Crippen LogP contribution < -0.4 is 4.90 Å². The number of fused-ring (bicyclic) bond motifs is 1. The van der Waals surface area contributed by atoms with E-state index in [-0.39, 0.29) is 0 Å². The van der Waals surface area contributed by atoms with E-state index in [1.54, 1.807) is 0 Å². The van der Waals surface area contributed by atoms with E-state index in [0.717, 1.165) is 82.6 Å². The summed E-state index contributed by atoms with van der Waals surface area (Å²) in [6.07, 6.45) is 4.84. The normalized spacial score (nSPS) is 21.0. The molecule has 7 nitrogen and oxygen atoms in total. The van der Waals surface area contributed by atoms with Crippen LogP contribution in [-0.4, -0.2) is 84.3 Å². The van der Waals surface area contributed by atoms with Crippen molar-refractivity contribution in [1.82, 2.24) is 24.8 Å². The third-order valence-electron chi connectivity index (χ3n) is 6.51. The van der Waals surface area contributed by atoms with Crippen LogP contribution in [0.4, 0.5) is 5.95 Å². The SMILES string of the molecule is CN1CCN(Cc2ccnc(N3CCOCC3)n2)CC(Cc2cccc3ncccc23)C1. The van der Waals surface area contributed by atoms with Crippen molar-refractivity contribution in [3.63, 3.8) is 0 Å². The number of hydrogen-bond acceptors (Lipinski definition) is 7. The lowest BCUT2D eigenvalue weighted by Gasteiger charge is -2.27. The van der Waals surface area contributed by atoms with Gasteiger partial charge in [-0.1, -0.05) is 18.2 Å². The molecule has 0 aliphatic carbocycles. The summed E-state index contributed by atoms with van der Waals surface area (Å²) in [4.78, 5) is 21.2. The maximum Gasteiger partial charge on any atom is 0.225 e. The van der Waals surface area contributed by atoms with Gasteiger partial charge in [0.1, 0.15) is 0 Å². The Hall–Kier alpha value is -2.61. The van der Waals surface area contributed by atoms with Crippen molar-refractivity contribution in [2.75, 3.05) is 64.4 Å². The molecule has 0 bridgehead atoms. The lowest BCUT2D eigenvalue weighted by atomic mass is 9.95. The lowest BCUT2D eigenvalue weighted by molar-refractivity contribution is 0.122. The van der Waals surface area contributed by atoms with Crippen molar-refractivity contribution in [3.8, 4) is 0 Å². The number of hydrogen-bond donors (Lipinski definition) is 0. The zero-order chi connectivity index (χ0) is 21.8. The minimum atomic E-state index is 0.564. The Morgan fingerprint density at radius 2 is 1.84 bits per heavy atom. The molecule has 2 fully saturated rings. The van der Waals surface area contributed by atoms with E-state index in [1.165, 1.54) is 10.9 Å². The molecule has 2 aromatic heterocycles. The Morgan fingerprint density at radius 1 is 0.938 bits per heavy atom. The minimum absolute atomic E-state index is 0.564. The summed E-state index contributed by atoms with van der Waals surface area (Å²) >= 11 is 0. The molecular weight excluding hydrogens is 400 g/mol. The van der Waals surface area contributed by atoms with Gasteiger partial charge < -0.3 is 14.5 Å². The van der Waals surface area contributed by atoms with Gasteiger partial charge in [0.25, 0.3) is 0 Å². The molecule has 0 N–H and O–H groups in total. The molecule has 1 aromatic carbocycles. The van der Waals surface area contributed by atoms with Crippen LogP contribution in [-0.2, 0) is 17.7 Å². The van der Waals surface area contributed by atoms with Gasteiger partial charge in [-0.15, -0.1) is 0 Å². The molecule has 2 aliphatic heterocycles. The first-order valence-corrected chi connectivity index (χ1v) is 11.6. The summed E-state index contributed by atoms with van der Waals surface area (Å²) < 4.78 is 5.47. The van der Waals surface area contributed by atoms with Crippen LogP contribution >= 0.6 is 0 Å². The second-order valence-corrected chi connectivity index (χ2v) is 9.00. The van der Waals surface area contributed by atoms with E-state index >= 15 is 0 Å². The van der Waals surface area contributed by atoms with Gasteiger partial charge in [-0.3, -0.25) is 9.88 Å². The third kappa shape index (κ3) is 5.06. The number of pyridine rings is 1. The van der Waals surface area contributed by atoms with Gasteiger partial charge in [0, 0.05) is 63.6 Å². The molecule has 168 valence electrons. The van der Waals surface area contributed by atoms with E-state index in [1.807, 2.05) is 18.5 Å². The predicted molar refractivity (Wildman–Crippen MR) is 127 cm³/mol. The van der Waals surface area contributed by atoms with E-state index in [4.69, 9.17) is 9.72 Å². The summed E-state index contributed by atoms with van der Waals surface area (Å²) in [5.41, 5.74) is 3.58. The minimum Gasteiger partial charge on any atom is -0.378 e. The molecule has 32 heavy (non-hydrogen) atoms. The van der Waals surface area contributed by atoms with Crippen LogP contribution in [0.2, 0.25) is 0 Å². The highest BCUT2D eigenvalue weighted by atomic mass is 16.5. The van der Waals surface area contributed by atoms with Gasteiger partial charge >= 0.3 is 0 Å². The van der Waals surface area contributed by atoms with Crippen molar-refractivity contribution < 1.29 is 4.74 Å². The summed E-state index contributed by atoms with van der Waals surface area (Å²) in [5, 5.41) is 1.28. The number of aromatic nitrogens is 3. The van der Waals surface area contributed by atoms with Crippen LogP contribution in [0.15, 0.2) is 48.8 Å². The summed E-state index contributed by atoms with van der Waals surface area (Å²) in [7, 11) is 2.24. The molecule has 4 heterocycles. The van der Waals surface area contributed by atoms with Gasteiger partial charge in [-0.25, -0.2) is 9.97 Å². The Morgan fingerprint density at radius 3 is 2.75 bits per heavy atom. The average Bonchev–Trinajstić information content (AvgIpc) is 3.00. The number of rotatable bonds is 5. The number of nitrogens with zero attached hydrogens (tertiary/aromatic N) is 6. The van der Waals surface area contributed by atoms with E-state index in [9.17, 15) is 0 Å². The highest BCUT2D eigenvalue weighted by Crippen LogP contribution is 2.22. The number of likely N-dealkylation sites (N-methyl/N-ethyl adjacent to an activating group) is 1. The number of ether oxygens (including phenoxy) is 1. The van der Waals surface area contributed by atoms with Crippen molar-refractivity contribution >= 4 is 16.9 Å². The molecule has 5 rings (SSSR count). The maximum absolute atomic E-state index is 5.47. The fraction of sp³-hybridized carbons (Fsp3) is 0.480. The fourth-order valence-electron chi connectivity index (χ4n) is 4.90. The Bertz CT molecular complexity index is 1030. The van der Waals surface area contributed by atoms with Crippen molar-refractivity contribution in [2.24, 2.45) is 5.92 Å². The van der Waals surface area contributed by atoms with Crippen molar-refractivity contribution in [3.05, 3.63) is 60.0 Å². The Balaban J connectivity index is 1.30. The first-order valence-electron chi connectivity index (χ1n) is 11.6. The summed E-state index contributed by atoms with van der Waals surface area (Å²) in [6.45, 7) is 8.39. The van der Waals surface area contributed by atoms with Gasteiger partial charge in [-0.05, 0) is 43.1 Å². The first kappa shape index (κ1) is 21.2. The molecule has 0 amide bonds. The highest BCUT2D eigenvalue weighted by Gasteiger charge is 2.23. The van der Waals surface area contributed by atoms with Crippen LogP contribution in [0.5, 0.6) is 0 Å². The van der Waals surface area contributed by atoms with Gasteiger partial charge in [-0.2, -0.15) is 0 Å². The quantitative estimate of drug-likeness (QED) is 0.614. The highest BCUT2D eigenvalue weighted by molar-refractivity contribution is 5.81. The fourth-order valence-corrected chi connectivity index (χ4v) is 4.90. The van der Waals surface area contributed by atoms with Crippen LogP contribution in [0.25, 0.3) is 10.9 Å². The molecule has 0 saturated carbocycles. The topological polar surface area (TPSA) is 57.6 Å². The second-order valence-electron chi connectivity index (χ2n) is 9.00. The summed E-state index contributed by atoms with van der Waals surface area (Å²) in [5.74, 6) is 1.39. The smallest absolute Gasteiger partial charge is 0.225 e. The van der Waals surface area contributed by atoms with Crippen LogP contribution in [0.1, 0.15) is 11.3 Å². The lowest BCUT2D eigenvalue weighted by Crippen LogP contribution is -2.37. The van der Waals surface area contributed by atoms with Crippen molar-refractivity contribution in [2.45, 2.75) is 13.0 Å². The Kier molecular flexibility index (Phi) is 6.57. The monoisotopic (exact) mass is 432 g/mol. The molecule has 3 aromatic rings. The third-order valence-corrected chi connectivity index (χ3v) is 6.51. The van der Waals surface area contributed by atoms with Crippen molar-refractivity contribution in [1.29, 1.82) is 0 Å². The number of anilines is 1. The first-order chi connectivity index (χ1) is 15.7. The van der Waals surface area contributed by atoms with E-state index in [0.29, 0.717) is 5.92 Å². The zero-order valence-electron chi connectivity index (χ0n) is 18.9. The molecule has 7 heteroatoms. The van der Waals surface area contributed by atoms with Gasteiger partial charge in [0.15, 0.2) is 0 Å². The molecular formula is C25H32N6O. The van der Waals surface area contributed by atoms with Gasteiger partial charge in [0.05, 0.1) is 24.4 Å². The summed E-state index contributed by atoms with van der Waals surface area (Å²) in [6, 6.07) is 12.8. The molecule has 1 atom stereocenters. The molecule has 2 saturated heterocycles. The second kappa shape index (κ2) is 9.90. The number of morpholine rings is 1. The largest absolute Gasteiger partial charge is 0.378 e. The predicted octanol–water partition coefficient (Wildman–Crippen LogP) is 2.47. The molecule has 2 aliphatic rings. The average molecular weight is 433 g/mol. The van der Waals surface area contributed by atoms with E-state index in [2.05, 4.69) is 62.0 Å². The molecule has 1 unspecified atom stereocenters. The van der Waals surface area contributed by atoms with Gasteiger partial charge in [0.2, 0.25) is 5.95 Å². The molecule has 0 radical (unpaired) electrons. The Labute approximate surface area is 190 Å². The standard InChI is InChI=1S/C25H32N6O/c1-29-10-11-30(19-22-7-9-27-25(28-22)31-12-14-32-15-13-31)18-20(17-29)16-21-4-2-6-24-23(21)5-3-8-26-24/h2-9,20H,10-19H2,1H3. The number of benzene rings is 1. The zero-order valence-corrected chi connectivity index (χ0v) is 18.9. The van der Waals surface area contributed by atoms with E-state index < -0.39 is 0 Å².